The largest absolute Gasteiger partial charge is 0.467 e. The van der Waals surface area contributed by atoms with Gasteiger partial charge in [0.25, 0.3) is 0 Å². The van der Waals surface area contributed by atoms with Crippen molar-refractivity contribution < 1.29 is 18.3 Å². The zero-order chi connectivity index (χ0) is 21.5. The van der Waals surface area contributed by atoms with Crippen LogP contribution in [0.4, 0.5) is 8.78 Å². The highest BCUT2D eigenvalue weighted by atomic mass is 19.1. The fraction of sp³-hybridized carbons (Fsp3) is 0.217. The molecule has 5 rings (SSSR count). The molecule has 156 valence electrons. The third-order valence-electron chi connectivity index (χ3n) is 5.60. The molecule has 0 saturated heterocycles. The first kappa shape index (κ1) is 19.3. The van der Waals surface area contributed by atoms with Crippen molar-refractivity contribution in [3.63, 3.8) is 0 Å². The molecule has 0 spiro atoms. The molecule has 0 saturated carbocycles. The molecule has 0 unspecified atom stereocenters. The van der Waals surface area contributed by atoms with Gasteiger partial charge >= 0.3 is 6.01 Å². The van der Waals surface area contributed by atoms with Crippen molar-refractivity contribution in [1.82, 2.24) is 14.9 Å². The van der Waals surface area contributed by atoms with E-state index in [0.717, 1.165) is 39.6 Å². The number of ether oxygens (including phenoxy) is 1. The maximum Gasteiger partial charge on any atom is 0.316 e. The van der Waals surface area contributed by atoms with E-state index in [-0.39, 0.29) is 30.4 Å². The first-order valence-electron chi connectivity index (χ1n) is 9.79. The summed E-state index contributed by atoms with van der Waals surface area (Å²) in [5.74, 6) is -1.37. The number of halogens is 2. The molecule has 2 aliphatic rings. The van der Waals surface area contributed by atoms with Gasteiger partial charge in [0, 0.05) is 48.2 Å². The second kappa shape index (κ2) is 7.54. The number of hydrogen-bond acceptors (Lipinski definition) is 5. The molecule has 3 aromatic rings. The van der Waals surface area contributed by atoms with Crippen LogP contribution in [0.5, 0.6) is 6.01 Å². The van der Waals surface area contributed by atoms with Crippen LogP contribution in [0.25, 0.3) is 0 Å². The van der Waals surface area contributed by atoms with Crippen molar-refractivity contribution >= 4 is 11.6 Å². The van der Waals surface area contributed by atoms with Crippen molar-refractivity contribution in [3.8, 4) is 6.01 Å². The predicted molar refractivity (Wildman–Crippen MR) is 109 cm³/mol. The van der Waals surface area contributed by atoms with Gasteiger partial charge in [-0.3, -0.25) is 9.79 Å². The summed E-state index contributed by atoms with van der Waals surface area (Å²) in [4.78, 5) is 27.2. The molecule has 1 aromatic heterocycles. The normalized spacial score (nSPS) is 14.9. The van der Waals surface area contributed by atoms with Gasteiger partial charge in [0.2, 0.25) is 5.91 Å². The molecule has 31 heavy (non-hydrogen) atoms. The van der Waals surface area contributed by atoms with Crippen LogP contribution in [0.1, 0.15) is 33.4 Å². The number of aromatic nitrogens is 2. The molecular formula is C23H18F2N4O2. The third-order valence-corrected chi connectivity index (χ3v) is 5.60. The minimum Gasteiger partial charge on any atom is -0.467 e. The van der Waals surface area contributed by atoms with Crippen LogP contribution in [0, 0.1) is 11.6 Å². The molecule has 0 aliphatic carbocycles. The Bertz CT molecular complexity index is 1220. The predicted octanol–water partition coefficient (Wildman–Crippen LogP) is 3.20. The van der Waals surface area contributed by atoms with Gasteiger partial charge in [-0.1, -0.05) is 12.1 Å². The quantitative estimate of drug-likeness (QED) is 0.650. The number of nitrogens with zero attached hydrogens (tertiary/aromatic N) is 4. The Morgan fingerprint density at radius 1 is 1.06 bits per heavy atom. The van der Waals surface area contributed by atoms with Gasteiger partial charge in [-0.2, -0.15) is 0 Å². The van der Waals surface area contributed by atoms with Crippen LogP contribution in [-0.4, -0.2) is 33.6 Å². The van der Waals surface area contributed by atoms with Gasteiger partial charge < -0.3 is 9.64 Å². The van der Waals surface area contributed by atoms with Crippen molar-refractivity contribution in [3.05, 3.63) is 87.7 Å². The molecule has 1 amide bonds. The number of amides is 1. The molecule has 8 heteroatoms. The Labute approximate surface area is 177 Å². The molecule has 2 aliphatic heterocycles. The van der Waals surface area contributed by atoms with Gasteiger partial charge in [-0.15, -0.1) is 0 Å². The van der Waals surface area contributed by atoms with E-state index in [1.807, 2.05) is 12.1 Å². The van der Waals surface area contributed by atoms with E-state index < -0.39 is 11.6 Å². The highest BCUT2D eigenvalue weighted by Gasteiger charge is 2.28. The fourth-order valence-corrected chi connectivity index (χ4v) is 4.01. The van der Waals surface area contributed by atoms with Gasteiger partial charge in [-0.25, -0.2) is 18.7 Å². The lowest BCUT2D eigenvalue weighted by Crippen LogP contribution is -2.36. The summed E-state index contributed by atoms with van der Waals surface area (Å²) < 4.78 is 32.3. The summed E-state index contributed by atoms with van der Waals surface area (Å²) in [5.41, 5.74) is 5.86. The van der Waals surface area contributed by atoms with Gasteiger partial charge in [0.15, 0.2) is 0 Å². The number of rotatable bonds is 4. The van der Waals surface area contributed by atoms with Crippen molar-refractivity contribution in [2.45, 2.75) is 26.1 Å². The monoisotopic (exact) mass is 420 g/mol. The van der Waals surface area contributed by atoms with E-state index in [2.05, 4.69) is 15.0 Å². The summed E-state index contributed by atoms with van der Waals surface area (Å²) in [6.07, 6.45) is 3.59. The summed E-state index contributed by atoms with van der Waals surface area (Å²) in [7, 11) is 1.51. The zero-order valence-corrected chi connectivity index (χ0v) is 16.7. The third kappa shape index (κ3) is 3.54. The molecule has 6 nitrogen and oxygen atoms in total. The molecule has 0 fully saturated rings. The SMILES string of the molecule is COc1ncc(C2=NCc3cc4c(cc32)CN(Cc2ccc(F)cc2F)C(=O)C4)cn1. The smallest absolute Gasteiger partial charge is 0.316 e. The Hall–Kier alpha value is -3.68. The minimum atomic E-state index is -0.651. The average molecular weight is 420 g/mol. The van der Waals surface area contributed by atoms with Crippen LogP contribution in [0.3, 0.4) is 0 Å². The van der Waals surface area contributed by atoms with Crippen molar-refractivity contribution in [2.75, 3.05) is 7.11 Å². The lowest BCUT2D eigenvalue weighted by Gasteiger charge is -2.29. The van der Waals surface area contributed by atoms with E-state index in [4.69, 9.17) is 4.74 Å². The molecule has 0 N–H and O–H groups in total. The lowest BCUT2D eigenvalue weighted by molar-refractivity contribution is -0.132. The van der Waals surface area contributed by atoms with E-state index in [1.165, 1.54) is 19.2 Å². The van der Waals surface area contributed by atoms with Crippen molar-refractivity contribution in [1.29, 1.82) is 0 Å². The zero-order valence-electron chi connectivity index (χ0n) is 16.7. The number of methoxy groups -OCH3 is 1. The first-order chi connectivity index (χ1) is 15.0. The summed E-state index contributed by atoms with van der Waals surface area (Å²) in [6, 6.07) is 7.78. The summed E-state index contributed by atoms with van der Waals surface area (Å²) in [5, 5.41) is 0. The van der Waals surface area contributed by atoms with Gasteiger partial charge in [-0.05, 0) is 28.8 Å². The van der Waals surface area contributed by atoms with Crippen LogP contribution >= 0.6 is 0 Å². The number of hydrogen-bond donors (Lipinski definition) is 0. The Kier molecular flexibility index (Phi) is 4.69. The number of fused-ring (bicyclic) bond motifs is 2. The van der Waals surface area contributed by atoms with Crippen LogP contribution in [0.15, 0.2) is 47.7 Å². The van der Waals surface area contributed by atoms with Crippen LogP contribution in [0.2, 0.25) is 0 Å². The molecule has 0 radical (unpaired) electrons. The Morgan fingerprint density at radius 3 is 2.61 bits per heavy atom. The number of aliphatic imine (C=N–C) groups is 1. The number of benzene rings is 2. The van der Waals surface area contributed by atoms with Crippen molar-refractivity contribution in [2.24, 2.45) is 4.99 Å². The molecule has 2 aromatic carbocycles. The number of carbonyl (C=O) groups excluding carboxylic acids is 1. The number of carbonyl (C=O) groups is 1. The maximum absolute atomic E-state index is 14.1. The Morgan fingerprint density at radius 2 is 1.87 bits per heavy atom. The van der Waals surface area contributed by atoms with E-state index in [0.29, 0.717) is 13.1 Å². The first-order valence-corrected chi connectivity index (χ1v) is 9.79. The molecular weight excluding hydrogens is 402 g/mol. The molecule has 3 heterocycles. The highest BCUT2D eigenvalue weighted by molar-refractivity contribution is 6.15. The minimum absolute atomic E-state index is 0.0844. The second-order valence-corrected chi connectivity index (χ2v) is 7.56. The summed E-state index contributed by atoms with van der Waals surface area (Å²) >= 11 is 0. The maximum atomic E-state index is 14.1. The highest BCUT2D eigenvalue weighted by Crippen LogP contribution is 2.30. The average Bonchev–Trinajstić information content (AvgIpc) is 3.17. The summed E-state index contributed by atoms with van der Waals surface area (Å²) in [6.45, 7) is 0.974. The fourth-order valence-electron chi connectivity index (χ4n) is 4.01. The molecule has 0 atom stereocenters. The van der Waals surface area contributed by atoms with E-state index >= 15 is 0 Å². The van der Waals surface area contributed by atoms with E-state index in [1.54, 1.807) is 17.3 Å². The standard InChI is InChI=1S/C23H18F2N4O2/c1-31-23-27-9-17(10-28-23)22-19-5-16-12-29(11-13-2-3-18(24)7-20(13)25)21(30)6-14(16)4-15(19)8-26-22/h2-5,7,9-10H,6,8,11-12H2,1H3. The van der Waals surface area contributed by atoms with Gasteiger partial charge in [0.05, 0.1) is 25.8 Å². The van der Waals surface area contributed by atoms with E-state index in [9.17, 15) is 13.6 Å². The van der Waals surface area contributed by atoms with Crippen LogP contribution in [-0.2, 0) is 30.8 Å². The second-order valence-electron chi connectivity index (χ2n) is 7.56. The van der Waals surface area contributed by atoms with Crippen LogP contribution < -0.4 is 4.74 Å². The molecule has 0 bridgehead atoms. The van der Waals surface area contributed by atoms with Gasteiger partial charge in [0.1, 0.15) is 11.6 Å². The Balaban J connectivity index is 1.43. The lowest BCUT2D eigenvalue weighted by atomic mass is 9.91. The topological polar surface area (TPSA) is 67.7 Å².